The van der Waals surface area contributed by atoms with Crippen molar-refractivity contribution in [2.75, 3.05) is 0 Å². The Morgan fingerprint density at radius 2 is 1.74 bits per heavy atom. The molecular formula is C16H16ClNO. The number of hydrogen-bond acceptors (Lipinski definition) is 1. The highest BCUT2D eigenvalue weighted by Crippen LogP contribution is 2.10. The van der Waals surface area contributed by atoms with E-state index in [2.05, 4.69) is 17.4 Å². The van der Waals surface area contributed by atoms with Gasteiger partial charge in [0.15, 0.2) is 0 Å². The summed E-state index contributed by atoms with van der Waals surface area (Å²) in [6.45, 7) is 2.00. The van der Waals surface area contributed by atoms with Gasteiger partial charge in [-0.15, -0.1) is 0 Å². The van der Waals surface area contributed by atoms with Gasteiger partial charge in [0.05, 0.1) is 0 Å². The molecule has 0 bridgehead atoms. The molecule has 0 spiro atoms. The summed E-state index contributed by atoms with van der Waals surface area (Å²) in [6.07, 6.45) is 0.820. The van der Waals surface area contributed by atoms with Gasteiger partial charge in [-0.3, -0.25) is 4.79 Å². The number of benzene rings is 2. The number of nitrogens with one attached hydrogen (secondary N) is 1. The minimum atomic E-state index is -0.0694. The van der Waals surface area contributed by atoms with Crippen LogP contribution in [0.25, 0.3) is 0 Å². The van der Waals surface area contributed by atoms with Crippen LogP contribution in [0.2, 0.25) is 5.02 Å². The molecule has 0 fully saturated rings. The van der Waals surface area contributed by atoms with E-state index in [0.717, 1.165) is 6.42 Å². The predicted octanol–water partition coefficient (Wildman–Crippen LogP) is 3.70. The lowest BCUT2D eigenvalue weighted by molar-refractivity contribution is 0.0940. The fourth-order valence-electron chi connectivity index (χ4n) is 1.93. The Hall–Kier alpha value is -1.80. The van der Waals surface area contributed by atoms with Crippen LogP contribution < -0.4 is 5.32 Å². The molecule has 0 radical (unpaired) electrons. The van der Waals surface area contributed by atoms with Gasteiger partial charge in [0, 0.05) is 16.6 Å². The van der Waals surface area contributed by atoms with E-state index in [4.69, 9.17) is 11.6 Å². The van der Waals surface area contributed by atoms with Gasteiger partial charge in [-0.25, -0.2) is 0 Å². The lowest BCUT2D eigenvalue weighted by Gasteiger charge is -2.14. The highest BCUT2D eigenvalue weighted by molar-refractivity contribution is 6.30. The van der Waals surface area contributed by atoms with Crippen LogP contribution in [-0.4, -0.2) is 11.9 Å². The van der Waals surface area contributed by atoms with Gasteiger partial charge in [-0.05, 0) is 43.2 Å². The number of amides is 1. The molecule has 1 unspecified atom stereocenters. The molecule has 2 aromatic rings. The first kappa shape index (κ1) is 13.6. The van der Waals surface area contributed by atoms with Crippen molar-refractivity contribution in [2.24, 2.45) is 0 Å². The summed E-state index contributed by atoms with van der Waals surface area (Å²) in [5, 5.41) is 3.62. The third kappa shape index (κ3) is 4.11. The quantitative estimate of drug-likeness (QED) is 0.904. The van der Waals surface area contributed by atoms with Crippen molar-refractivity contribution in [2.45, 2.75) is 19.4 Å². The van der Waals surface area contributed by atoms with Crippen molar-refractivity contribution in [1.82, 2.24) is 5.32 Å². The molecule has 1 N–H and O–H groups in total. The van der Waals surface area contributed by atoms with Crippen LogP contribution in [0.15, 0.2) is 54.6 Å². The van der Waals surface area contributed by atoms with Crippen LogP contribution in [0.3, 0.4) is 0 Å². The molecule has 0 aliphatic carbocycles. The van der Waals surface area contributed by atoms with E-state index in [9.17, 15) is 4.79 Å². The minimum Gasteiger partial charge on any atom is -0.349 e. The van der Waals surface area contributed by atoms with Crippen molar-refractivity contribution in [1.29, 1.82) is 0 Å². The van der Waals surface area contributed by atoms with Crippen molar-refractivity contribution < 1.29 is 4.79 Å². The standard InChI is InChI=1S/C16H16ClNO/c1-12(11-13-5-3-2-4-6-13)18-16(19)14-7-9-15(17)10-8-14/h2-10,12H,11H2,1H3,(H,18,19). The highest BCUT2D eigenvalue weighted by Gasteiger charge is 2.09. The molecule has 0 aliphatic heterocycles. The lowest BCUT2D eigenvalue weighted by atomic mass is 10.1. The molecule has 0 aromatic heterocycles. The molecule has 98 valence electrons. The largest absolute Gasteiger partial charge is 0.349 e. The molecule has 2 rings (SSSR count). The van der Waals surface area contributed by atoms with E-state index in [1.807, 2.05) is 25.1 Å². The minimum absolute atomic E-state index is 0.0694. The Kier molecular flexibility index (Phi) is 4.58. The maximum atomic E-state index is 12.0. The highest BCUT2D eigenvalue weighted by atomic mass is 35.5. The molecule has 2 aromatic carbocycles. The second kappa shape index (κ2) is 6.39. The Balaban J connectivity index is 1.93. The summed E-state index contributed by atoms with van der Waals surface area (Å²) in [5.41, 5.74) is 1.84. The Morgan fingerprint density at radius 1 is 1.11 bits per heavy atom. The maximum Gasteiger partial charge on any atom is 0.251 e. The average Bonchev–Trinajstić information content (AvgIpc) is 2.40. The van der Waals surface area contributed by atoms with Crippen molar-refractivity contribution in [3.8, 4) is 0 Å². The van der Waals surface area contributed by atoms with Gasteiger partial charge in [-0.2, -0.15) is 0 Å². The van der Waals surface area contributed by atoms with Crippen molar-refractivity contribution >= 4 is 17.5 Å². The van der Waals surface area contributed by atoms with E-state index in [0.29, 0.717) is 10.6 Å². The molecule has 0 aliphatic rings. The van der Waals surface area contributed by atoms with Crippen LogP contribution in [-0.2, 0) is 6.42 Å². The van der Waals surface area contributed by atoms with E-state index < -0.39 is 0 Å². The Morgan fingerprint density at radius 3 is 2.37 bits per heavy atom. The molecule has 2 nitrogen and oxygen atoms in total. The predicted molar refractivity (Wildman–Crippen MR) is 78.5 cm³/mol. The van der Waals surface area contributed by atoms with Crippen molar-refractivity contribution in [3.63, 3.8) is 0 Å². The zero-order valence-corrected chi connectivity index (χ0v) is 11.5. The first-order valence-corrected chi connectivity index (χ1v) is 6.63. The first-order chi connectivity index (χ1) is 9.15. The van der Waals surface area contributed by atoms with Crippen molar-refractivity contribution in [3.05, 3.63) is 70.7 Å². The van der Waals surface area contributed by atoms with E-state index in [1.165, 1.54) is 5.56 Å². The SMILES string of the molecule is CC(Cc1ccccc1)NC(=O)c1ccc(Cl)cc1. The fraction of sp³-hybridized carbons (Fsp3) is 0.188. The number of carbonyl (C=O) groups is 1. The molecule has 0 heterocycles. The summed E-state index contributed by atoms with van der Waals surface area (Å²) in [4.78, 5) is 12.0. The van der Waals surface area contributed by atoms with Crippen LogP contribution in [0.5, 0.6) is 0 Å². The molecule has 19 heavy (non-hydrogen) atoms. The summed E-state index contributed by atoms with van der Waals surface area (Å²) < 4.78 is 0. The van der Waals surface area contributed by atoms with Gasteiger partial charge in [0.1, 0.15) is 0 Å². The van der Waals surface area contributed by atoms with Crippen LogP contribution in [0.4, 0.5) is 0 Å². The zero-order valence-electron chi connectivity index (χ0n) is 10.8. The van der Waals surface area contributed by atoms with Gasteiger partial charge in [-0.1, -0.05) is 41.9 Å². The maximum absolute atomic E-state index is 12.0. The van der Waals surface area contributed by atoms with Gasteiger partial charge in [0.2, 0.25) is 0 Å². The summed E-state index contributed by atoms with van der Waals surface area (Å²) in [7, 11) is 0. The number of halogens is 1. The Bertz CT molecular complexity index is 536. The smallest absolute Gasteiger partial charge is 0.251 e. The van der Waals surface area contributed by atoms with Crippen LogP contribution in [0.1, 0.15) is 22.8 Å². The summed E-state index contributed by atoms with van der Waals surface area (Å²) in [6, 6.07) is 17.1. The summed E-state index contributed by atoms with van der Waals surface area (Å²) in [5.74, 6) is -0.0694. The molecule has 1 atom stereocenters. The third-order valence-corrected chi connectivity index (χ3v) is 3.12. The number of hydrogen-bond donors (Lipinski definition) is 1. The molecule has 3 heteroatoms. The first-order valence-electron chi connectivity index (χ1n) is 6.25. The van der Waals surface area contributed by atoms with Crippen LogP contribution in [0, 0.1) is 0 Å². The molecular weight excluding hydrogens is 258 g/mol. The summed E-state index contributed by atoms with van der Waals surface area (Å²) >= 11 is 5.80. The second-order valence-corrected chi connectivity index (χ2v) is 5.01. The molecule has 1 amide bonds. The third-order valence-electron chi connectivity index (χ3n) is 2.87. The lowest BCUT2D eigenvalue weighted by Crippen LogP contribution is -2.34. The van der Waals surface area contributed by atoms with Crippen LogP contribution >= 0.6 is 11.6 Å². The second-order valence-electron chi connectivity index (χ2n) is 4.57. The Labute approximate surface area is 118 Å². The van der Waals surface area contributed by atoms with Gasteiger partial charge in [0.25, 0.3) is 5.91 Å². The van der Waals surface area contributed by atoms with E-state index in [-0.39, 0.29) is 11.9 Å². The average molecular weight is 274 g/mol. The normalized spacial score (nSPS) is 11.9. The monoisotopic (exact) mass is 273 g/mol. The van der Waals surface area contributed by atoms with Gasteiger partial charge < -0.3 is 5.32 Å². The topological polar surface area (TPSA) is 29.1 Å². The van der Waals surface area contributed by atoms with E-state index >= 15 is 0 Å². The number of rotatable bonds is 4. The molecule has 0 saturated carbocycles. The fourth-order valence-corrected chi connectivity index (χ4v) is 2.05. The number of carbonyl (C=O) groups excluding carboxylic acids is 1. The zero-order chi connectivity index (χ0) is 13.7. The van der Waals surface area contributed by atoms with Gasteiger partial charge >= 0.3 is 0 Å². The molecule has 0 saturated heterocycles. The van der Waals surface area contributed by atoms with E-state index in [1.54, 1.807) is 24.3 Å².